The molecule has 0 amide bonds. The molecule has 96 valence electrons. The molecule has 5 heteroatoms. The minimum absolute atomic E-state index is 0.640. The van der Waals surface area contributed by atoms with Crippen molar-refractivity contribution in [1.29, 1.82) is 0 Å². The van der Waals surface area contributed by atoms with Crippen LogP contribution in [0.15, 0.2) is 22.7 Å². The summed E-state index contributed by atoms with van der Waals surface area (Å²) in [6, 6.07) is 4.85. The van der Waals surface area contributed by atoms with Crippen molar-refractivity contribution in [3.05, 3.63) is 17.5 Å². The summed E-state index contributed by atoms with van der Waals surface area (Å²) in [7, 11) is 0. The van der Waals surface area contributed by atoms with Gasteiger partial charge in [0.2, 0.25) is 0 Å². The highest BCUT2D eigenvalue weighted by atomic mass is 32.2. The van der Waals surface area contributed by atoms with Crippen LogP contribution in [0.2, 0.25) is 0 Å². The Bertz CT molecular complexity index is 500. The number of rotatable bonds is 6. The van der Waals surface area contributed by atoms with Crippen LogP contribution in [-0.2, 0) is 0 Å². The van der Waals surface area contributed by atoms with E-state index in [1.165, 1.54) is 30.6 Å². The monoisotopic (exact) mass is 279 g/mol. The van der Waals surface area contributed by atoms with Gasteiger partial charge in [0.15, 0.2) is 11.0 Å². The van der Waals surface area contributed by atoms with Gasteiger partial charge in [0.25, 0.3) is 0 Å². The Kier molecular flexibility index (Phi) is 3.70. The average molecular weight is 279 g/mol. The van der Waals surface area contributed by atoms with Crippen molar-refractivity contribution in [1.82, 2.24) is 14.8 Å². The van der Waals surface area contributed by atoms with Crippen molar-refractivity contribution in [3.63, 3.8) is 0 Å². The highest BCUT2D eigenvalue weighted by molar-refractivity contribution is 7.99. The molecule has 0 bridgehead atoms. The summed E-state index contributed by atoms with van der Waals surface area (Å²) >= 11 is 3.60. The molecule has 1 aliphatic carbocycles. The molecule has 3 nitrogen and oxygen atoms in total. The average Bonchev–Trinajstić information content (AvgIpc) is 2.93. The maximum absolute atomic E-state index is 4.40. The van der Waals surface area contributed by atoms with Crippen molar-refractivity contribution >= 4 is 23.1 Å². The van der Waals surface area contributed by atoms with Gasteiger partial charge in [-0.15, -0.1) is 21.5 Å². The van der Waals surface area contributed by atoms with Crippen molar-refractivity contribution in [2.45, 2.75) is 43.8 Å². The molecule has 0 aromatic carbocycles. The van der Waals surface area contributed by atoms with E-state index in [0.29, 0.717) is 6.04 Å². The van der Waals surface area contributed by atoms with Crippen LogP contribution in [0.1, 0.15) is 38.6 Å². The molecule has 0 N–H and O–H groups in total. The first-order valence-electron chi connectivity index (χ1n) is 6.51. The molecule has 0 aliphatic heterocycles. The summed E-state index contributed by atoms with van der Waals surface area (Å²) in [5, 5.41) is 12.0. The lowest BCUT2D eigenvalue weighted by atomic mass is 10.4. The largest absolute Gasteiger partial charge is 0.298 e. The first-order chi connectivity index (χ1) is 8.90. The van der Waals surface area contributed by atoms with Gasteiger partial charge in [0.1, 0.15) is 0 Å². The Morgan fingerprint density at radius 3 is 3.00 bits per heavy atom. The Morgan fingerprint density at radius 1 is 1.44 bits per heavy atom. The molecule has 1 fully saturated rings. The fourth-order valence-corrected chi connectivity index (χ4v) is 3.71. The summed E-state index contributed by atoms with van der Waals surface area (Å²) in [5.74, 6) is 2.21. The third-order valence-corrected chi connectivity index (χ3v) is 4.94. The van der Waals surface area contributed by atoms with Crippen molar-refractivity contribution in [2.75, 3.05) is 5.75 Å². The number of hydrogen-bond acceptors (Lipinski definition) is 4. The Hall–Kier alpha value is -0.810. The van der Waals surface area contributed by atoms with Crippen LogP contribution in [0, 0.1) is 0 Å². The second kappa shape index (κ2) is 5.45. The lowest BCUT2D eigenvalue weighted by molar-refractivity contribution is 0.669. The molecular weight excluding hydrogens is 262 g/mol. The quantitative estimate of drug-likeness (QED) is 0.585. The van der Waals surface area contributed by atoms with Crippen molar-refractivity contribution in [3.8, 4) is 10.7 Å². The van der Waals surface area contributed by atoms with E-state index in [1.807, 2.05) is 11.8 Å². The van der Waals surface area contributed by atoms with Crippen LogP contribution >= 0.6 is 23.1 Å². The fraction of sp³-hybridized carbons (Fsp3) is 0.538. The van der Waals surface area contributed by atoms with E-state index in [2.05, 4.69) is 39.2 Å². The molecular formula is C13H17N3S2. The maximum Gasteiger partial charge on any atom is 0.191 e. The van der Waals surface area contributed by atoms with Crippen molar-refractivity contribution in [2.24, 2.45) is 0 Å². The van der Waals surface area contributed by atoms with Crippen LogP contribution in [0.3, 0.4) is 0 Å². The maximum atomic E-state index is 4.40. The predicted octanol–water partition coefficient (Wildman–Crippen LogP) is 4.23. The van der Waals surface area contributed by atoms with E-state index in [9.17, 15) is 0 Å². The van der Waals surface area contributed by atoms with Gasteiger partial charge in [0.05, 0.1) is 4.88 Å². The molecule has 2 aromatic rings. The molecule has 1 aliphatic rings. The van der Waals surface area contributed by atoms with Crippen molar-refractivity contribution < 1.29 is 0 Å². The van der Waals surface area contributed by atoms with Crippen LogP contribution in [0.4, 0.5) is 0 Å². The minimum atomic E-state index is 0.640. The number of hydrogen-bond donors (Lipinski definition) is 0. The predicted molar refractivity (Wildman–Crippen MR) is 77.2 cm³/mol. The normalized spacial score (nSPS) is 15.2. The SMILES string of the molecule is CCCCSc1nnc(-c2cccs2)n1C1CC1. The van der Waals surface area contributed by atoms with E-state index in [-0.39, 0.29) is 0 Å². The van der Waals surface area contributed by atoms with E-state index >= 15 is 0 Å². The zero-order valence-corrected chi connectivity index (χ0v) is 12.1. The van der Waals surface area contributed by atoms with E-state index in [4.69, 9.17) is 0 Å². The molecule has 0 spiro atoms. The van der Waals surface area contributed by atoms with Gasteiger partial charge in [-0.1, -0.05) is 31.2 Å². The van der Waals surface area contributed by atoms with E-state index in [0.717, 1.165) is 16.7 Å². The number of thiophene rings is 1. The summed E-state index contributed by atoms with van der Waals surface area (Å²) < 4.78 is 2.35. The highest BCUT2D eigenvalue weighted by Gasteiger charge is 2.30. The first-order valence-corrected chi connectivity index (χ1v) is 8.38. The molecule has 2 aromatic heterocycles. The third-order valence-electron chi connectivity index (χ3n) is 3.05. The van der Waals surface area contributed by atoms with Crippen LogP contribution in [-0.4, -0.2) is 20.5 Å². The molecule has 2 heterocycles. The fourth-order valence-electron chi connectivity index (χ4n) is 1.92. The minimum Gasteiger partial charge on any atom is -0.298 e. The first kappa shape index (κ1) is 12.2. The summed E-state index contributed by atoms with van der Waals surface area (Å²) in [4.78, 5) is 1.23. The molecule has 0 radical (unpaired) electrons. The van der Waals surface area contributed by atoms with Gasteiger partial charge in [0, 0.05) is 11.8 Å². The number of nitrogens with zero attached hydrogens (tertiary/aromatic N) is 3. The lowest BCUT2D eigenvalue weighted by Gasteiger charge is -2.07. The zero-order chi connectivity index (χ0) is 12.4. The van der Waals surface area contributed by atoms with Gasteiger partial charge >= 0.3 is 0 Å². The smallest absolute Gasteiger partial charge is 0.191 e. The molecule has 1 saturated carbocycles. The van der Waals surface area contributed by atoms with Crippen LogP contribution in [0.5, 0.6) is 0 Å². The second-order valence-corrected chi connectivity index (χ2v) is 6.60. The highest BCUT2D eigenvalue weighted by Crippen LogP contribution is 2.41. The zero-order valence-electron chi connectivity index (χ0n) is 10.5. The van der Waals surface area contributed by atoms with Crippen LogP contribution in [0.25, 0.3) is 10.7 Å². The molecule has 0 atom stereocenters. The standard InChI is InChI=1S/C13H17N3S2/c1-2-3-8-18-13-15-14-12(11-5-4-9-17-11)16(13)10-6-7-10/h4-5,9-10H,2-3,6-8H2,1H3. The number of unbranched alkanes of at least 4 members (excludes halogenated alkanes) is 1. The summed E-state index contributed by atoms with van der Waals surface area (Å²) in [5.41, 5.74) is 0. The molecule has 18 heavy (non-hydrogen) atoms. The second-order valence-electron chi connectivity index (χ2n) is 4.59. The number of thioether (sulfide) groups is 1. The Morgan fingerprint density at radius 2 is 2.33 bits per heavy atom. The Labute approximate surface area is 116 Å². The van der Waals surface area contributed by atoms with Gasteiger partial charge in [-0.25, -0.2) is 0 Å². The molecule has 0 unspecified atom stereocenters. The topological polar surface area (TPSA) is 30.7 Å². The van der Waals surface area contributed by atoms with E-state index in [1.54, 1.807) is 11.3 Å². The number of aromatic nitrogens is 3. The summed E-state index contributed by atoms with van der Waals surface area (Å²) in [6.45, 7) is 2.23. The van der Waals surface area contributed by atoms with Gasteiger partial charge in [-0.05, 0) is 30.7 Å². The van der Waals surface area contributed by atoms with Gasteiger partial charge in [-0.3, -0.25) is 4.57 Å². The van der Waals surface area contributed by atoms with Gasteiger partial charge in [-0.2, -0.15) is 0 Å². The Balaban J connectivity index is 1.86. The lowest BCUT2D eigenvalue weighted by Crippen LogP contribution is -1.99. The van der Waals surface area contributed by atoms with Gasteiger partial charge < -0.3 is 0 Å². The summed E-state index contributed by atoms with van der Waals surface area (Å²) in [6.07, 6.45) is 5.04. The van der Waals surface area contributed by atoms with Crippen LogP contribution < -0.4 is 0 Å². The third kappa shape index (κ3) is 2.47. The molecule has 3 rings (SSSR count). The van der Waals surface area contributed by atoms with E-state index < -0.39 is 0 Å². The molecule has 0 saturated heterocycles.